The summed E-state index contributed by atoms with van der Waals surface area (Å²) in [5.74, 6) is -1.29. The number of carbonyl (C=O) groups is 2. The summed E-state index contributed by atoms with van der Waals surface area (Å²) in [4.78, 5) is 24.4. The Hall–Kier alpha value is -3.52. The minimum atomic E-state index is -0.968. The van der Waals surface area contributed by atoms with Crippen molar-refractivity contribution in [2.45, 2.75) is 25.3 Å². The van der Waals surface area contributed by atoms with E-state index in [0.29, 0.717) is 23.4 Å². The van der Waals surface area contributed by atoms with Crippen molar-refractivity contribution in [1.82, 2.24) is 0 Å². The third-order valence-electron chi connectivity index (χ3n) is 5.52. The SMILES string of the molecule is COCCCc1cc(C(=O)Nc2ccccc2CC(=O)O)cc(-c2cccc([C@H](N)CO)c2)c1. The Morgan fingerprint density at radius 3 is 2.56 bits per heavy atom. The molecular weight excluding hydrogens is 432 g/mol. The van der Waals surface area contributed by atoms with E-state index in [1.54, 1.807) is 37.4 Å². The lowest BCUT2D eigenvalue weighted by molar-refractivity contribution is -0.136. The molecule has 0 fully saturated rings. The molecule has 0 unspecified atom stereocenters. The van der Waals surface area contributed by atoms with E-state index in [2.05, 4.69) is 5.32 Å². The summed E-state index contributed by atoms with van der Waals surface area (Å²) in [5, 5.41) is 21.5. The number of nitrogens with one attached hydrogen (secondary N) is 1. The highest BCUT2D eigenvalue weighted by Crippen LogP contribution is 2.27. The van der Waals surface area contributed by atoms with Gasteiger partial charge in [0.15, 0.2) is 0 Å². The zero-order valence-corrected chi connectivity index (χ0v) is 19.2. The van der Waals surface area contributed by atoms with Crippen LogP contribution in [-0.4, -0.2) is 42.4 Å². The van der Waals surface area contributed by atoms with Crippen LogP contribution < -0.4 is 11.1 Å². The molecule has 0 heterocycles. The number of hydrogen-bond acceptors (Lipinski definition) is 5. The number of aliphatic hydroxyl groups excluding tert-OH is 1. The fourth-order valence-corrected chi connectivity index (χ4v) is 3.76. The molecule has 0 aliphatic heterocycles. The molecule has 3 aromatic rings. The Balaban J connectivity index is 1.96. The van der Waals surface area contributed by atoms with E-state index in [-0.39, 0.29) is 18.9 Å². The smallest absolute Gasteiger partial charge is 0.307 e. The summed E-state index contributed by atoms with van der Waals surface area (Å²) in [6, 6.07) is 19.7. The quantitative estimate of drug-likeness (QED) is 0.322. The van der Waals surface area contributed by atoms with Gasteiger partial charge in [-0.05, 0) is 64.9 Å². The van der Waals surface area contributed by atoms with Gasteiger partial charge < -0.3 is 26.0 Å². The van der Waals surface area contributed by atoms with Gasteiger partial charge in [-0.2, -0.15) is 0 Å². The molecule has 0 aliphatic rings. The van der Waals surface area contributed by atoms with Gasteiger partial charge in [-0.15, -0.1) is 0 Å². The van der Waals surface area contributed by atoms with Crippen molar-refractivity contribution in [3.8, 4) is 11.1 Å². The summed E-state index contributed by atoms with van der Waals surface area (Å²) in [6.07, 6.45) is 1.35. The second-order valence-electron chi connectivity index (χ2n) is 8.11. The molecule has 7 heteroatoms. The number of anilines is 1. The van der Waals surface area contributed by atoms with Gasteiger partial charge >= 0.3 is 5.97 Å². The molecule has 1 amide bonds. The second-order valence-corrected chi connectivity index (χ2v) is 8.11. The maximum atomic E-state index is 13.2. The lowest BCUT2D eigenvalue weighted by Gasteiger charge is -2.14. The number of aliphatic hydroxyl groups is 1. The normalized spacial score (nSPS) is 11.7. The zero-order valence-electron chi connectivity index (χ0n) is 19.2. The van der Waals surface area contributed by atoms with Crippen LogP contribution in [0.15, 0.2) is 66.7 Å². The molecular formula is C27H30N2O5. The molecule has 0 bridgehead atoms. The molecule has 0 aliphatic carbocycles. The highest BCUT2D eigenvalue weighted by molar-refractivity contribution is 6.05. The third-order valence-corrected chi connectivity index (χ3v) is 5.52. The molecule has 0 spiro atoms. The van der Waals surface area contributed by atoms with Crippen molar-refractivity contribution in [2.24, 2.45) is 5.73 Å². The molecule has 1 atom stereocenters. The van der Waals surface area contributed by atoms with E-state index in [9.17, 15) is 19.8 Å². The van der Waals surface area contributed by atoms with E-state index >= 15 is 0 Å². The minimum absolute atomic E-state index is 0.163. The van der Waals surface area contributed by atoms with Crippen LogP contribution in [0.4, 0.5) is 5.69 Å². The van der Waals surface area contributed by atoms with Gasteiger partial charge in [0.2, 0.25) is 0 Å². The Morgan fingerprint density at radius 1 is 1.03 bits per heavy atom. The number of hydrogen-bond donors (Lipinski definition) is 4. The maximum Gasteiger partial charge on any atom is 0.307 e. The third kappa shape index (κ3) is 6.74. The van der Waals surface area contributed by atoms with Crippen LogP contribution in [0.5, 0.6) is 0 Å². The molecule has 0 aromatic heterocycles. The minimum Gasteiger partial charge on any atom is -0.481 e. The topological polar surface area (TPSA) is 122 Å². The van der Waals surface area contributed by atoms with Gasteiger partial charge in [0, 0.05) is 25.0 Å². The van der Waals surface area contributed by atoms with Gasteiger partial charge in [0.25, 0.3) is 5.91 Å². The number of rotatable bonds is 11. The zero-order chi connectivity index (χ0) is 24.5. The number of carbonyl (C=O) groups excluding carboxylic acids is 1. The molecule has 0 radical (unpaired) electrons. The van der Waals surface area contributed by atoms with E-state index < -0.39 is 12.0 Å². The highest BCUT2D eigenvalue weighted by Gasteiger charge is 2.14. The number of ether oxygens (including phenoxy) is 1. The molecule has 3 rings (SSSR count). The van der Waals surface area contributed by atoms with Crippen LogP contribution in [0.25, 0.3) is 11.1 Å². The van der Waals surface area contributed by atoms with Crippen molar-refractivity contribution in [3.63, 3.8) is 0 Å². The van der Waals surface area contributed by atoms with Crippen molar-refractivity contribution in [3.05, 3.63) is 89.0 Å². The highest BCUT2D eigenvalue weighted by atomic mass is 16.5. The number of benzene rings is 3. The van der Waals surface area contributed by atoms with E-state index in [4.69, 9.17) is 10.5 Å². The van der Waals surface area contributed by atoms with Crippen LogP contribution in [0.1, 0.15) is 39.5 Å². The fraction of sp³-hybridized carbons (Fsp3) is 0.259. The van der Waals surface area contributed by atoms with E-state index in [1.165, 1.54) is 0 Å². The van der Waals surface area contributed by atoms with Crippen LogP contribution in [-0.2, 0) is 22.4 Å². The lowest BCUT2D eigenvalue weighted by atomic mass is 9.95. The average molecular weight is 463 g/mol. The number of methoxy groups -OCH3 is 1. The van der Waals surface area contributed by atoms with E-state index in [0.717, 1.165) is 35.1 Å². The van der Waals surface area contributed by atoms with Crippen LogP contribution >= 0.6 is 0 Å². The molecule has 0 saturated heterocycles. The van der Waals surface area contributed by atoms with Crippen LogP contribution in [0.3, 0.4) is 0 Å². The lowest BCUT2D eigenvalue weighted by Crippen LogP contribution is -2.15. The summed E-state index contributed by atoms with van der Waals surface area (Å²) in [5.41, 5.74) is 11.0. The second kappa shape index (κ2) is 12.1. The van der Waals surface area contributed by atoms with Gasteiger partial charge in [-0.25, -0.2) is 0 Å². The fourth-order valence-electron chi connectivity index (χ4n) is 3.76. The first-order chi connectivity index (χ1) is 16.4. The maximum absolute atomic E-state index is 13.2. The molecule has 5 N–H and O–H groups in total. The summed E-state index contributed by atoms with van der Waals surface area (Å²) < 4.78 is 5.17. The number of aliphatic carboxylic acids is 1. The number of nitrogens with two attached hydrogens (primary N) is 1. The predicted octanol–water partition coefficient (Wildman–Crippen LogP) is 3.80. The van der Waals surface area contributed by atoms with Gasteiger partial charge in [-0.3, -0.25) is 9.59 Å². The Kier molecular flexibility index (Phi) is 8.93. The average Bonchev–Trinajstić information content (AvgIpc) is 2.84. The summed E-state index contributed by atoms with van der Waals surface area (Å²) in [7, 11) is 1.65. The number of amides is 1. The molecule has 34 heavy (non-hydrogen) atoms. The number of carboxylic acids is 1. The van der Waals surface area contributed by atoms with Gasteiger partial charge in [0.05, 0.1) is 19.1 Å². The van der Waals surface area contributed by atoms with Crippen molar-refractivity contribution in [2.75, 3.05) is 25.6 Å². The van der Waals surface area contributed by atoms with Crippen molar-refractivity contribution in [1.29, 1.82) is 0 Å². The Labute approximate surface area is 199 Å². The van der Waals surface area contributed by atoms with Gasteiger partial charge in [0.1, 0.15) is 0 Å². The van der Waals surface area contributed by atoms with Crippen LogP contribution in [0.2, 0.25) is 0 Å². The molecule has 178 valence electrons. The first-order valence-corrected chi connectivity index (χ1v) is 11.1. The largest absolute Gasteiger partial charge is 0.481 e. The van der Waals surface area contributed by atoms with E-state index in [1.807, 2.05) is 36.4 Å². The standard InChI is InChI=1S/C27H30N2O5/c1-34-11-5-6-18-12-22(19-8-4-9-20(14-19)24(28)17-30)15-23(13-18)27(33)29-25-10-3-2-7-21(25)16-26(31)32/h2-4,7-10,12-15,24,30H,5-6,11,16-17,28H2,1H3,(H,29,33)(H,31,32)/t24-/m1/s1. The van der Waals surface area contributed by atoms with Crippen molar-refractivity contribution < 1.29 is 24.5 Å². The van der Waals surface area contributed by atoms with Gasteiger partial charge in [-0.1, -0.05) is 42.5 Å². The molecule has 0 saturated carbocycles. The number of carboxylic acid groups (broad SMARTS) is 1. The molecule has 3 aromatic carbocycles. The number of para-hydroxylation sites is 1. The summed E-state index contributed by atoms with van der Waals surface area (Å²) in [6.45, 7) is 0.444. The molecule has 7 nitrogen and oxygen atoms in total. The first kappa shape index (κ1) is 25.1. The Morgan fingerprint density at radius 2 is 1.82 bits per heavy atom. The summed E-state index contributed by atoms with van der Waals surface area (Å²) >= 11 is 0. The predicted molar refractivity (Wildman–Crippen MR) is 132 cm³/mol. The Bertz CT molecular complexity index is 1150. The van der Waals surface area contributed by atoms with Crippen molar-refractivity contribution >= 4 is 17.6 Å². The van der Waals surface area contributed by atoms with Crippen LogP contribution in [0, 0.1) is 0 Å². The number of aryl methyl sites for hydroxylation is 1. The monoisotopic (exact) mass is 462 g/mol. The first-order valence-electron chi connectivity index (χ1n) is 11.1.